The van der Waals surface area contributed by atoms with E-state index in [-0.39, 0.29) is 75.3 Å². The average Bonchev–Trinajstić information content (AvgIpc) is 2.50. The molecule has 0 saturated heterocycles. The van der Waals surface area contributed by atoms with Crippen LogP contribution in [0.2, 0.25) is 0 Å². The Hall–Kier alpha value is -0.260. The molecule has 0 aliphatic heterocycles. The molecule has 4 rings (SSSR count). The molecule has 0 radical (unpaired) electrons. The van der Waals surface area contributed by atoms with Gasteiger partial charge in [-0.25, -0.2) is 16.8 Å². The van der Waals surface area contributed by atoms with Gasteiger partial charge < -0.3 is 9.11 Å². The van der Waals surface area contributed by atoms with E-state index in [0.717, 1.165) is 10.8 Å². The van der Waals surface area contributed by atoms with Crippen LogP contribution in [0.4, 0.5) is 0 Å². The fraction of sp³-hybridized carbons (Fsp3) is 0. The normalized spacial score (nSPS) is 12.2. The summed E-state index contributed by atoms with van der Waals surface area (Å²) in [5, 5.41) is 2.62. The first-order valence-corrected chi connectivity index (χ1v) is 9.62. The molecule has 122 valence electrons. The maximum absolute atomic E-state index is 11.6. The molecule has 0 aliphatic carbocycles. The Labute approximate surface area is 194 Å². The molecule has 0 saturated carbocycles. The Morgan fingerprint density at radius 1 is 0.615 bits per heavy atom. The van der Waals surface area contributed by atoms with Crippen molar-refractivity contribution in [2.75, 3.05) is 0 Å². The minimum Gasteiger partial charge on any atom is -0.744 e. The van der Waals surface area contributed by atoms with Gasteiger partial charge in [0.15, 0.2) is 0 Å². The van der Waals surface area contributed by atoms with Crippen molar-refractivity contribution in [2.45, 2.75) is 9.79 Å². The summed E-state index contributed by atoms with van der Waals surface area (Å²) in [4.78, 5) is -1.41. The second-order valence-electron chi connectivity index (χ2n) is 5.46. The second kappa shape index (κ2) is 7.29. The minimum absolute atomic E-state index is 0. The first-order chi connectivity index (χ1) is 11.2. The van der Waals surface area contributed by atoms with Gasteiger partial charge in [0.25, 0.3) is 0 Å². The van der Waals surface area contributed by atoms with Gasteiger partial charge in [0.1, 0.15) is 20.2 Å². The molecule has 26 heavy (non-hydrogen) atoms. The third-order valence-corrected chi connectivity index (χ3v) is 5.86. The average molecular weight is 406 g/mol. The van der Waals surface area contributed by atoms with Crippen LogP contribution in [-0.4, -0.2) is 25.9 Å². The van der Waals surface area contributed by atoms with Crippen molar-refractivity contribution in [3.8, 4) is 0 Å². The predicted molar refractivity (Wildman–Crippen MR) is 86.1 cm³/mol. The first-order valence-electron chi connectivity index (χ1n) is 6.80. The summed E-state index contributed by atoms with van der Waals surface area (Å²) in [6.07, 6.45) is 0. The zero-order chi connectivity index (χ0) is 17.3. The van der Waals surface area contributed by atoms with E-state index < -0.39 is 30.0 Å². The molecular weight excluding hydrogens is 398 g/mol. The Morgan fingerprint density at radius 3 is 1.42 bits per heavy atom. The molecule has 0 atom stereocenters. The number of hydrogen-bond donors (Lipinski definition) is 0. The number of benzene rings is 4. The van der Waals surface area contributed by atoms with Gasteiger partial charge in [0.2, 0.25) is 0 Å². The molecule has 0 aliphatic rings. The molecule has 6 nitrogen and oxygen atoms in total. The fourth-order valence-electron chi connectivity index (χ4n) is 3.18. The van der Waals surface area contributed by atoms with Crippen molar-refractivity contribution in [3.05, 3.63) is 48.5 Å². The second-order valence-corrected chi connectivity index (χ2v) is 8.16. The Bertz CT molecular complexity index is 1250. The topological polar surface area (TPSA) is 114 Å². The van der Waals surface area contributed by atoms with E-state index in [9.17, 15) is 25.9 Å². The largest absolute Gasteiger partial charge is 1.00 e. The van der Waals surface area contributed by atoms with Crippen LogP contribution in [0.5, 0.6) is 0 Å². The Kier molecular flexibility index (Phi) is 6.18. The van der Waals surface area contributed by atoms with Crippen LogP contribution in [-0.2, 0) is 20.2 Å². The minimum atomic E-state index is -4.96. The van der Waals surface area contributed by atoms with Crippen LogP contribution >= 0.6 is 0 Å². The molecule has 0 aromatic heterocycles. The monoisotopic (exact) mass is 406 g/mol. The third-order valence-electron chi connectivity index (χ3n) is 4.11. The van der Waals surface area contributed by atoms with Crippen LogP contribution in [0.1, 0.15) is 0 Å². The molecule has 0 heterocycles. The first kappa shape index (κ1) is 22.0. The van der Waals surface area contributed by atoms with E-state index in [0.29, 0.717) is 11.5 Å². The third kappa shape index (κ3) is 3.44. The molecule has 0 unspecified atom stereocenters. The van der Waals surface area contributed by atoms with Crippen LogP contribution in [0.25, 0.3) is 32.3 Å². The van der Waals surface area contributed by atoms with Crippen molar-refractivity contribution < 1.29 is 85.1 Å². The van der Waals surface area contributed by atoms with E-state index in [1.54, 1.807) is 30.3 Å². The fourth-order valence-corrected chi connectivity index (χ4v) is 4.66. The quantitative estimate of drug-likeness (QED) is 0.193. The van der Waals surface area contributed by atoms with E-state index in [4.69, 9.17) is 0 Å². The summed E-state index contributed by atoms with van der Waals surface area (Å²) in [6.45, 7) is 0. The molecule has 0 amide bonds. The van der Waals surface area contributed by atoms with Gasteiger partial charge >= 0.3 is 59.1 Å². The van der Waals surface area contributed by atoms with Crippen molar-refractivity contribution in [2.24, 2.45) is 0 Å². The van der Waals surface area contributed by atoms with Crippen LogP contribution < -0.4 is 59.1 Å². The summed E-state index contributed by atoms with van der Waals surface area (Å²) in [6, 6.07) is 12.3. The van der Waals surface area contributed by atoms with Gasteiger partial charge in [-0.1, -0.05) is 42.5 Å². The maximum Gasteiger partial charge on any atom is 1.00 e. The zero-order valence-electron chi connectivity index (χ0n) is 13.9. The molecule has 10 heteroatoms. The van der Waals surface area contributed by atoms with Gasteiger partial charge in [0, 0.05) is 10.8 Å². The van der Waals surface area contributed by atoms with Crippen molar-refractivity contribution >= 4 is 52.6 Å². The number of hydrogen-bond acceptors (Lipinski definition) is 6. The van der Waals surface area contributed by atoms with E-state index >= 15 is 0 Å². The molecule has 4 aromatic carbocycles. The van der Waals surface area contributed by atoms with Gasteiger partial charge in [-0.2, -0.15) is 0 Å². The van der Waals surface area contributed by atoms with Gasteiger partial charge in [0.05, 0.1) is 9.79 Å². The Balaban J connectivity index is 0.00000121. The van der Waals surface area contributed by atoms with Gasteiger partial charge in [-0.15, -0.1) is 0 Å². The van der Waals surface area contributed by atoms with Gasteiger partial charge in [-0.3, -0.25) is 0 Å². The summed E-state index contributed by atoms with van der Waals surface area (Å²) in [5.41, 5.74) is 0. The standard InChI is InChI=1S/C16H10O6S2.2Na/c17-23(18,19)13-8-14(24(20,21)22)12-7-5-10-3-1-2-9-4-6-11(13)16(12)15(9)10;;/h1-8H,(H,17,18,19)(H,20,21,22);;/q;2*+1/p-2. The maximum atomic E-state index is 11.6. The zero-order valence-corrected chi connectivity index (χ0v) is 19.5. The number of rotatable bonds is 2. The summed E-state index contributed by atoms with van der Waals surface area (Å²) in [5.74, 6) is 0. The smallest absolute Gasteiger partial charge is 0.744 e. The summed E-state index contributed by atoms with van der Waals surface area (Å²) >= 11 is 0. The van der Waals surface area contributed by atoms with Crippen LogP contribution in [0.3, 0.4) is 0 Å². The molecular formula is C16H8Na2O6S2. The van der Waals surface area contributed by atoms with Gasteiger partial charge in [-0.05, 0) is 27.6 Å². The Morgan fingerprint density at radius 2 is 1.04 bits per heavy atom. The molecule has 0 spiro atoms. The summed E-state index contributed by atoms with van der Waals surface area (Å²) in [7, 11) is -9.93. The predicted octanol–water partition coefficient (Wildman–Crippen LogP) is -3.60. The van der Waals surface area contributed by atoms with E-state index in [1.165, 1.54) is 12.1 Å². The molecule has 4 aromatic rings. The SMILES string of the molecule is O=S(=O)([O-])c1cc(S(=O)(=O)[O-])c2ccc3cccc4ccc1c2c43.[Na+].[Na+]. The van der Waals surface area contributed by atoms with Crippen molar-refractivity contribution in [1.82, 2.24) is 0 Å². The van der Waals surface area contributed by atoms with Crippen LogP contribution in [0.15, 0.2) is 58.3 Å². The molecule has 0 bridgehead atoms. The van der Waals surface area contributed by atoms with Crippen molar-refractivity contribution in [3.63, 3.8) is 0 Å². The molecule has 0 fully saturated rings. The van der Waals surface area contributed by atoms with Crippen molar-refractivity contribution in [1.29, 1.82) is 0 Å². The van der Waals surface area contributed by atoms with E-state index in [1.807, 2.05) is 0 Å². The van der Waals surface area contributed by atoms with Crippen LogP contribution in [0, 0.1) is 0 Å². The molecule has 0 N–H and O–H groups in total. The summed E-state index contributed by atoms with van der Waals surface area (Å²) < 4.78 is 69.6. The van der Waals surface area contributed by atoms with E-state index in [2.05, 4.69) is 0 Å².